The van der Waals surface area contributed by atoms with Crippen molar-refractivity contribution in [2.24, 2.45) is 7.05 Å². The van der Waals surface area contributed by atoms with Gasteiger partial charge in [0.15, 0.2) is 5.82 Å². The van der Waals surface area contributed by atoms with E-state index in [-0.39, 0.29) is 0 Å². The second-order valence-corrected chi connectivity index (χ2v) is 4.08. The van der Waals surface area contributed by atoms with Crippen LogP contribution in [-0.2, 0) is 11.8 Å². The van der Waals surface area contributed by atoms with E-state index in [0.29, 0.717) is 11.8 Å². The Hall–Kier alpha value is -1.26. The van der Waals surface area contributed by atoms with Gasteiger partial charge in [0.2, 0.25) is 0 Å². The van der Waals surface area contributed by atoms with Crippen molar-refractivity contribution in [3.63, 3.8) is 0 Å². The van der Waals surface area contributed by atoms with Gasteiger partial charge in [-0.25, -0.2) is 0 Å². The summed E-state index contributed by atoms with van der Waals surface area (Å²) < 4.78 is 6.80. The number of aryl methyl sites for hydroxylation is 2. The number of nitrogens with zero attached hydrogens (tertiary/aromatic N) is 2. The van der Waals surface area contributed by atoms with E-state index in [2.05, 4.69) is 10.4 Å². The lowest BCUT2D eigenvalue weighted by atomic mass is 10.1. The van der Waals surface area contributed by atoms with Gasteiger partial charge < -0.3 is 10.1 Å². The lowest BCUT2D eigenvalue weighted by Gasteiger charge is -2.03. The summed E-state index contributed by atoms with van der Waals surface area (Å²) >= 11 is 6.19. The minimum atomic E-state index is 0.413. The Morgan fingerprint density at radius 1 is 1.50 bits per heavy atom. The molecule has 2 rings (SSSR count). The first-order chi connectivity index (χ1) is 7.65. The summed E-state index contributed by atoms with van der Waals surface area (Å²) in [6, 6.07) is 3.88. The molecule has 0 bridgehead atoms. The highest BCUT2D eigenvalue weighted by Crippen LogP contribution is 2.31. The monoisotopic (exact) mass is 239 g/mol. The minimum Gasteiger partial charge on any atom is -0.365 e. The van der Waals surface area contributed by atoms with Gasteiger partial charge in [-0.3, -0.25) is 4.68 Å². The number of ether oxygens (including phenoxy) is 1. The molecule has 2 aromatic rings. The number of hydrogen-bond acceptors (Lipinski definition) is 3. The number of halogens is 1. The van der Waals surface area contributed by atoms with Crippen LogP contribution in [0.3, 0.4) is 0 Å². The number of fused-ring (bicyclic) bond motifs is 1. The van der Waals surface area contributed by atoms with Gasteiger partial charge in [-0.1, -0.05) is 17.7 Å². The molecule has 0 saturated heterocycles. The zero-order valence-electron chi connectivity index (χ0n) is 9.54. The number of benzene rings is 1. The topological polar surface area (TPSA) is 39.1 Å². The van der Waals surface area contributed by atoms with E-state index in [1.54, 1.807) is 7.11 Å². The molecule has 86 valence electrons. The van der Waals surface area contributed by atoms with Crippen molar-refractivity contribution in [3.05, 3.63) is 22.7 Å². The van der Waals surface area contributed by atoms with Crippen molar-refractivity contribution >= 4 is 28.3 Å². The Labute approximate surface area is 99.1 Å². The van der Waals surface area contributed by atoms with Crippen LogP contribution in [-0.4, -0.2) is 23.6 Å². The highest BCUT2D eigenvalue weighted by Gasteiger charge is 2.13. The molecule has 0 unspecified atom stereocenters. The molecule has 1 N–H and O–H groups in total. The summed E-state index contributed by atoms with van der Waals surface area (Å²) in [5, 5.41) is 9.12. The van der Waals surface area contributed by atoms with Gasteiger partial charge in [0.05, 0.1) is 15.9 Å². The van der Waals surface area contributed by atoms with Crippen LogP contribution >= 0.6 is 11.6 Å². The number of nitrogens with one attached hydrogen (secondary N) is 1. The predicted molar refractivity (Wildman–Crippen MR) is 66.0 cm³/mol. The second kappa shape index (κ2) is 4.31. The van der Waals surface area contributed by atoms with Gasteiger partial charge in [-0.05, 0) is 18.6 Å². The van der Waals surface area contributed by atoms with Gasteiger partial charge >= 0.3 is 0 Å². The molecule has 0 fully saturated rings. The van der Waals surface area contributed by atoms with Gasteiger partial charge in [0.25, 0.3) is 0 Å². The number of hydrogen-bond donors (Lipinski definition) is 1. The van der Waals surface area contributed by atoms with Gasteiger partial charge in [0.1, 0.15) is 6.73 Å². The number of rotatable bonds is 3. The van der Waals surface area contributed by atoms with Crippen molar-refractivity contribution in [2.75, 3.05) is 19.2 Å². The van der Waals surface area contributed by atoms with E-state index < -0.39 is 0 Å². The maximum atomic E-state index is 6.19. The third kappa shape index (κ3) is 1.74. The number of anilines is 1. The lowest BCUT2D eigenvalue weighted by Crippen LogP contribution is -2.04. The van der Waals surface area contributed by atoms with Crippen LogP contribution in [0.1, 0.15) is 5.56 Å². The summed E-state index contributed by atoms with van der Waals surface area (Å²) in [4.78, 5) is 0. The average molecular weight is 240 g/mol. The summed E-state index contributed by atoms with van der Waals surface area (Å²) in [6.07, 6.45) is 0. The molecule has 0 atom stereocenters. The maximum Gasteiger partial charge on any atom is 0.159 e. The van der Waals surface area contributed by atoms with E-state index in [4.69, 9.17) is 16.3 Å². The van der Waals surface area contributed by atoms with Crippen LogP contribution in [0.5, 0.6) is 0 Å². The van der Waals surface area contributed by atoms with Crippen molar-refractivity contribution in [2.45, 2.75) is 6.92 Å². The molecule has 0 radical (unpaired) electrons. The lowest BCUT2D eigenvalue weighted by molar-refractivity contribution is 0.221. The fraction of sp³-hybridized carbons (Fsp3) is 0.364. The highest BCUT2D eigenvalue weighted by atomic mass is 35.5. The molecule has 1 heterocycles. The molecule has 16 heavy (non-hydrogen) atoms. The van der Waals surface area contributed by atoms with Crippen molar-refractivity contribution in [3.8, 4) is 0 Å². The molecule has 0 amide bonds. The maximum absolute atomic E-state index is 6.19. The first-order valence-corrected chi connectivity index (χ1v) is 5.37. The quantitative estimate of drug-likeness (QED) is 0.837. The first kappa shape index (κ1) is 11.2. The Morgan fingerprint density at radius 2 is 2.25 bits per heavy atom. The van der Waals surface area contributed by atoms with E-state index in [1.165, 1.54) is 0 Å². The zero-order chi connectivity index (χ0) is 11.7. The second-order valence-electron chi connectivity index (χ2n) is 3.67. The molecule has 4 nitrogen and oxygen atoms in total. The van der Waals surface area contributed by atoms with Crippen molar-refractivity contribution in [1.29, 1.82) is 0 Å². The van der Waals surface area contributed by atoms with E-state index in [0.717, 1.165) is 22.3 Å². The third-order valence-electron chi connectivity index (χ3n) is 2.52. The predicted octanol–water partition coefficient (Wildman–Crippen LogP) is 2.55. The van der Waals surface area contributed by atoms with Crippen molar-refractivity contribution < 1.29 is 4.74 Å². The van der Waals surface area contributed by atoms with Gasteiger partial charge in [-0.2, -0.15) is 5.10 Å². The average Bonchev–Trinajstić information content (AvgIpc) is 2.59. The first-order valence-electron chi connectivity index (χ1n) is 4.99. The van der Waals surface area contributed by atoms with Crippen LogP contribution in [0, 0.1) is 6.92 Å². The third-order valence-corrected chi connectivity index (χ3v) is 2.84. The molecule has 1 aromatic heterocycles. The van der Waals surface area contributed by atoms with Crippen LogP contribution in [0.15, 0.2) is 12.1 Å². The molecule has 1 aromatic carbocycles. The largest absolute Gasteiger partial charge is 0.365 e. The molecule has 0 aliphatic rings. The Kier molecular flexibility index (Phi) is 3.03. The molecule has 0 spiro atoms. The standard InChI is InChI=1S/C11H14ClN3O/c1-7-4-5-8(12)9-10(7)15(2)14-11(9)13-6-16-3/h4-5H,6H2,1-3H3,(H,13,14). The van der Waals surface area contributed by atoms with Crippen molar-refractivity contribution in [1.82, 2.24) is 9.78 Å². The van der Waals surface area contributed by atoms with E-state index in [1.807, 2.05) is 30.8 Å². The molecule has 0 aliphatic carbocycles. The van der Waals surface area contributed by atoms with Crippen LogP contribution in [0.25, 0.3) is 10.9 Å². The molecule has 5 heteroatoms. The number of aromatic nitrogens is 2. The minimum absolute atomic E-state index is 0.413. The molecule has 0 aliphatic heterocycles. The summed E-state index contributed by atoms with van der Waals surface area (Å²) in [6.45, 7) is 2.46. The summed E-state index contributed by atoms with van der Waals surface area (Å²) in [7, 11) is 3.54. The van der Waals surface area contributed by atoms with Crippen LogP contribution in [0.4, 0.5) is 5.82 Å². The fourth-order valence-electron chi connectivity index (χ4n) is 1.83. The van der Waals surface area contributed by atoms with E-state index >= 15 is 0 Å². The summed E-state index contributed by atoms with van der Waals surface area (Å²) in [5.41, 5.74) is 2.20. The molecular formula is C11H14ClN3O. The van der Waals surface area contributed by atoms with Gasteiger partial charge in [0, 0.05) is 14.2 Å². The molecular weight excluding hydrogens is 226 g/mol. The fourth-order valence-corrected chi connectivity index (χ4v) is 2.07. The normalized spacial score (nSPS) is 11.0. The van der Waals surface area contributed by atoms with Crippen LogP contribution in [0.2, 0.25) is 5.02 Å². The molecule has 0 saturated carbocycles. The smallest absolute Gasteiger partial charge is 0.159 e. The Balaban J connectivity index is 2.63. The Morgan fingerprint density at radius 3 is 2.94 bits per heavy atom. The highest BCUT2D eigenvalue weighted by molar-refractivity contribution is 6.36. The summed E-state index contributed by atoms with van der Waals surface area (Å²) in [5.74, 6) is 0.757. The van der Waals surface area contributed by atoms with E-state index in [9.17, 15) is 0 Å². The van der Waals surface area contributed by atoms with Crippen LogP contribution < -0.4 is 5.32 Å². The van der Waals surface area contributed by atoms with Gasteiger partial charge in [-0.15, -0.1) is 0 Å². The number of methoxy groups -OCH3 is 1. The zero-order valence-corrected chi connectivity index (χ0v) is 10.3. The SMILES string of the molecule is COCNc1nn(C)c2c(C)ccc(Cl)c12. The Bertz CT molecular complexity index is 521.